The van der Waals surface area contributed by atoms with Crippen LogP contribution in [0.5, 0.6) is 5.75 Å². The molecule has 1 saturated carbocycles. The van der Waals surface area contributed by atoms with E-state index in [0.29, 0.717) is 29.0 Å². The Bertz CT molecular complexity index is 1330. The molecular formula is C27H27ClF3N3O3. The van der Waals surface area contributed by atoms with E-state index in [4.69, 9.17) is 16.3 Å². The van der Waals surface area contributed by atoms with Crippen molar-refractivity contribution >= 4 is 17.4 Å². The number of carbonyl (C=O) groups excluding carboxylic acids is 1. The molecule has 37 heavy (non-hydrogen) atoms. The fraction of sp³-hybridized carbons (Fsp3) is 0.407. The van der Waals surface area contributed by atoms with Crippen LogP contribution in [0.1, 0.15) is 45.1 Å². The predicted octanol–water partition coefficient (Wildman–Crippen LogP) is 6.42. The molecule has 196 valence electrons. The lowest BCUT2D eigenvalue weighted by Crippen LogP contribution is -2.39. The average molecular weight is 534 g/mol. The zero-order chi connectivity index (χ0) is 26.8. The second-order valence-electron chi connectivity index (χ2n) is 9.79. The van der Waals surface area contributed by atoms with E-state index in [-0.39, 0.29) is 29.5 Å². The molecule has 2 aromatic carbocycles. The summed E-state index contributed by atoms with van der Waals surface area (Å²) < 4.78 is 45.3. The Hall–Kier alpha value is -3.20. The molecule has 0 aliphatic heterocycles. The summed E-state index contributed by atoms with van der Waals surface area (Å²) in [5, 5.41) is 0.283. The van der Waals surface area contributed by atoms with Crippen molar-refractivity contribution in [2.24, 2.45) is 11.3 Å². The molecule has 0 unspecified atom stereocenters. The largest absolute Gasteiger partial charge is 0.494 e. The third-order valence-electron chi connectivity index (χ3n) is 6.59. The van der Waals surface area contributed by atoms with Crippen LogP contribution in [0.4, 0.5) is 13.2 Å². The fourth-order valence-electron chi connectivity index (χ4n) is 3.73. The van der Waals surface area contributed by atoms with Crippen LogP contribution in [0.2, 0.25) is 5.02 Å². The van der Waals surface area contributed by atoms with Crippen molar-refractivity contribution < 1.29 is 22.7 Å². The fourth-order valence-corrected chi connectivity index (χ4v) is 3.94. The average Bonchev–Trinajstić information content (AvgIpc) is 3.67. The topological polar surface area (TPSA) is 84.9 Å². The number of nitrogens with one attached hydrogen (secondary N) is 1. The lowest BCUT2D eigenvalue weighted by atomic mass is 9.84. The smallest absolute Gasteiger partial charge is 0.400 e. The maximum absolute atomic E-state index is 13.2. The first kappa shape index (κ1) is 26.9. The van der Waals surface area contributed by atoms with E-state index >= 15 is 0 Å². The highest BCUT2D eigenvalue weighted by Crippen LogP contribution is 2.39. The molecule has 1 N–H and O–H groups in total. The van der Waals surface area contributed by atoms with Crippen molar-refractivity contribution in [1.29, 1.82) is 0 Å². The van der Waals surface area contributed by atoms with Crippen molar-refractivity contribution in [1.82, 2.24) is 15.0 Å². The van der Waals surface area contributed by atoms with Crippen molar-refractivity contribution in [2.45, 2.75) is 52.1 Å². The zero-order valence-corrected chi connectivity index (χ0v) is 21.2. The third-order valence-corrected chi connectivity index (χ3v) is 6.92. The number of nitrogens with zero attached hydrogens (tertiary/aromatic N) is 2. The van der Waals surface area contributed by atoms with Crippen LogP contribution in [-0.2, 0) is 11.2 Å². The summed E-state index contributed by atoms with van der Waals surface area (Å²) in [7, 11) is 0. The van der Waals surface area contributed by atoms with Gasteiger partial charge in [-0.15, -0.1) is 0 Å². The molecule has 1 aromatic heterocycles. The number of aromatic amines is 1. The second-order valence-corrected chi connectivity index (χ2v) is 10.2. The van der Waals surface area contributed by atoms with Crippen molar-refractivity contribution in [2.75, 3.05) is 6.61 Å². The molecule has 0 atom stereocenters. The van der Waals surface area contributed by atoms with Gasteiger partial charge in [-0.2, -0.15) is 18.2 Å². The van der Waals surface area contributed by atoms with E-state index in [1.54, 1.807) is 42.5 Å². The van der Waals surface area contributed by atoms with Gasteiger partial charge in [-0.1, -0.05) is 30.5 Å². The molecule has 1 aliphatic carbocycles. The van der Waals surface area contributed by atoms with E-state index in [1.165, 1.54) is 12.8 Å². The lowest BCUT2D eigenvalue weighted by Gasteiger charge is -2.26. The Labute approximate surface area is 217 Å². The summed E-state index contributed by atoms with van der Waals surface area (Å²) >= 11 is 6.36. The Morgan fingerprint density at radius 2 is 1.81 bits per heavy atom. The predicted molar refractivity (Wildman–Crippen MR) is 135 cm³/mol. The van der Waals surface area contributed by atoms with Crippen LogP contribution < -0.4 is 10.4 Å². The maximum Gasteiger partial charge on any atom is 0.400 e. The number of ether oxygens (including phenoxy) is 1. The van der Waals surface area contributed by atoms with Crippen LogP contribution in [0.25, 0.3) is 22.8 Å². The summed E-state index contributed by atoms with van der Waals surface area (Å²) in [6.45, 7) is 2.41. The minimum Gasteiger partial charge on any atom is -0.494 e. The van der Waals surface area contributed by atoms with E-state index < -0.39 is 23.1 Å². The number of rotatable bonds is 10. The number of aromatic nitrogens is 3. The number of Topliss-reactive ketones (excluding diaryl/α,β-unsaturated/α-hetero) is 1. The number of carbonyl (C=O) groups is 1. The van der Waals surface area contributed by atoms with Crippen LogP contribution in [0.3, 0.4) is 0 Å². The molecular weight excluding hydrogens is 507 g/mol. The van der Waals surface area contributed by atoms with Gasteiger partial charge in [-0.3, -0.25) is 9.78 Å². The van der Waals surface area contributed by atoms with Gasteiger partial charge in [0.25, 0.3) is 0 Å². The van der Waals surface area contributed by atoms with Gasteiger partial charge in [-0.25, -0.2) is 9.78 Å². The SMILES string of the molecule is CC(C)(C(=O)CCc1ccc(Cl)c(-c2nc(-c3ccc(OCCC4CC4)cc3)nc(=O)[nH]2)c1)C(F)(F)F. The number of halogens is 4. The monoisotopic (exact) mass is 533 g/mol. The van der Waals surface area contributed by atoms with Gasteiger partial charge in [0.2, 0.25) is 0 Å². The highest BCUT2D eigenvalue weighted by molar-refractivity contribution is 6.33. The van der Waals surface area contributed by atoms with Crippen LogP contribution in [-0.4, -0.2) is 33.5 Å². The highest BCUT2D eigenvalue weighted by atomic mass is 35.5. The molecule has 1 aliphatic rings. The summed E-state index contributed by atoms with van der Waals surface area (Å²) in [4.78, 5) is 35.5. The molecule has 1 heterocycles. The Balaban J connectivity index is 1.51. The highest BCUT2D eigenvalue weighted by Gasteiger charge is 2.51. The number of H-pyrrole nitrogens is 1. The van der Waals surface area contributed by atoms with E-state index in [0.717, 1.165) is 26.2 Å². The van der Waals surface area contributed by atoms with Gasteiger partial charge < -0.3 is 4.74 Å². The first-order valence-electron chi connectivity index (χ1n) is 12.0. The zero-order valence-electron chi connectivity index (χ0n) is 20.5. The van der Waals surface area contributed by atoms with Crippen LogP contribution in [0, 0.1) is 11.3 Å². The van der Waals surface area contributed by atoms with Crippen molar-refractivity contribution in [3.63, 3.8) is 0 Å². The number of aryl methyl sites for hydroxylation is 1. The molecule has 0 bridgehead atoms. The van der Waals surface area contributed by atoms with E-state index in [9.17, 15) is 22.8 Å². The van der Waals surface area contributed by atoms with Crippen molar-refractivity contribution in [3.05, 3.63) is 63.5 Å². The summed E-state index contributed by atoms with van der Waals surface area (Å²) in [6.07, 6.45) is -1.28. The standard InChI is InChI=1S/C27H27ClF3N3O3/c1-26(2,27(29,30)31)22(35)12-6-17-5-11-21(28)20(15-17)24-32-23(33-25(36)34-24)18-7-9-19(10-8-18)37-14-13-16-3-4-16/h5,7-11,15-16H,3-4,6,12-14H2,1-2H3,(H,32,33,34,36). The third kappa shape index (κ3) is 6.57. The summed E-state index contributed by atoms with van der Waals surface area (Å²) in [5.74, 6) is 0.933. The number of alkyl halides is 3. The van der Waals surface area contributed by atoms with E-state index in [2.05, 4.69) is 15.0 Å². The van der Waals surface area contributed by atoms with Gasteiger partial charge in [0.1, 0.15) is 22.8 Å². The molecule has 0 saturated heterocycles. The van der Waals surface area contributed by atoms with Gasteiger partial charge >= 0.3 is 11.9 Å². The number of hydrogen-bond donors (Lipinski definition) is 1. The molecule has 4 rings (SSSR count). The molecule has 0 spiro atoms. The quantitative estimate of drug-likeness (QED) is 0.325. The number of ketones is 1. The van der Waals surface area contributed by atoms with E-state index in [1.807, 2.05) is 0 Å². The van der Waals surface area contributed by atoms with Crippen LogP contribution >= 0.6 is 11.6 Å². The first-order chi connectivity index (χ1) is 17.4. The normalized spacial score (nSPS) is 14.0. The molecule has 1 fully saturated rings. The van der Waals surface area contributed by atoms with Crippen molar-refractivity contribution in [3.8, 4) is 28.5 Å². The Morgan fingerprint density at radius 1 is 1.11 bits per heavy atom. The Morgan fingerprint density at radius 3 is 2.46 bits per heavy atom. The second kappa shape index (κ2) is 10.7. The molecule has 6 nitrogen and oxygen atoms in total. The van der Waals surface area contributed by atoms with Gasteiger partial charge in [0.15, 0.2) is 5.82 Å². The van der Waals surface area contributed by atoms with Gasteiger partial charge in [0.05, 0.1) is 11.6 Å². The van der Waals surface area contributed by atoms with Gasteiger partial charge in [-0.05, 0) is 74.6 Å². The maximum atomic E-state index is 13.2. The minimum atomic E-state index is -4.63. The first-order valence-corrected chi connectivity index (χ1v) is 12.4. The number of hydrogen-bond acceptors (Lipinski definition) is 5. The van der Waals surface area contributed by atoms with Crippen LogP contribution in [0.15, 0.2) is 47.3 Å². The lowest BCUT2D eigenvalue weighted by molar-refractivity contribution is -0.210. The number of benzene rings is 2. The molecule has 0 radical (unpaired) electrons. The van der Waals surface area contributed by atoms with Gasteiger partial charge in [0, 0.05) is 17.5 Å². The molecule has 3 aromatic rings. The summed E-state index contributed by atoms with van der Waals surface area (Å²) in [5.41, 5.74) is -1.50. The molecule has 0 amide bonds. The molecule has 10 heteroatoms. The summed E-state index contributed by atoms with van der Waals surface area (Å²) in [6, 6.07) is 11.9. The minimum absolute atomic E-state index is 0.0763. The Kier molecular flexibility index (Phi) is 7.73.